The van der Waals surface area contributed by atoms with Crippen molar-refractivity contribution in [1.29, 1.82) is 0 Å². The third-order valence-corrected chi connectivity index (χ3v) is 7.28. The molecule has 218 valence electrons. The summed E-state index contributed by atoms with van der Waals surface area (Å²) in [7, 11) is 1.57. The molecule has 4 aromatic carbocycles. The molecule has 0 aliphatic carbocycles. The van der Waals surface area contributed by atoms with Crippen LogP contribution in [0.4, 0.5) is 11.4 Å². The van der Waals surface area contributed by atoms with E-state index in [1.165, 1.54) is 11.8 Å². The number of benzene rings is 4. The van der Waals surface area contributed by atoms with Crippen molar-refractivity contribution in [3.63, 3.8) is 0 Å². The smallest absolute Gasteiger partial charge is 0.272 e. The van der Waals surface area contributed by atoms with Crippen LogP contribution in [0.3, 0.4) is 0 Å². The Morgan fingerprint density at radius 1 is 0.814 bits per heavy atom. The van der Waals surface area contributed by atoms with E-state index in [4.69, 9.17) is 14.2 Å². The lowest BCUT2D eigenvalue weighted by Crippen LogP contribution is -2.30. The summed E-state index contributed by atoms with van der Waals surface area (Å²) in [4.78, 5) is 39.5. The van der Waals surface area contributed by atoms with E-state index in [9.17, 15) is 14.4 Å². The Balaban J connectivity index is 1.20. The maximum Gasteiger partial charge on any atom is 0.272 e. The fraction of sp³-hybridized carbons (Fsp3) is 0.121. The Morgan fingerprint density at radius 2 is 1.51 bits per heavy atom. The van der Waals surface area contributed by atoms with Gasteiger partial charge in [0.1, 0.15) is 24.7 Å². The van der Waals surface area contributed by atoms with E-state index in [1.54, 1.807) is 92.0 Å². The number of hydrogen-bond acceptors (Lipinski definition) is 7. The summed E-state index contributed by atoms with van der Waals surface area (Å²) < 4.78 is 16.3. The highest BCUT2D eigenvalue weighted by Crippen LogP contribution is 2.32. The topological polar surface area (TPSA) is 115 Å². The van der Waals surface area contributed by atoms with Gasteiger partial charge < -0.3 is 30.2 Å². The molecule has 1 aliphatic rings. The number of amides is 3. The first kappa shape index (κ1) is 29.3. The van der Waals surface area contributed by atoms with Crippen LogP contribution in [0.2, 0.25) is 0 Å². The first-order valence-corrected chi connectivity index (χ1v) is 14.4. The number of carbonyl (C=O) groups excluding carboxylic acids is 3. The van der Waals surface area contributed by atoms with E-state index in [0.29, 0.717) is 53.0 Å². The van der Waals surface area contributed by atoms with Gasteiger partial charge >= 0.3 is 0 Å². The van der Waals surface area contributed by atoms with Crippen molar-refractivity contribution in [3.05, 3.63) is 114 Å². The van der Waals surface area contributed by atoms with Gasteiger partial charge in [-0.2, -0.15) is 0 Å². The second-order valence-corrected chi connectivity index (χ2v) is 10.4. The van der Waals surface area contributed by atoms with E-state index >= 15 is 0 Å². The third kappa shape index (κ3) is 8.17. The van der Waals surface area contributed by atoms with Crippen LogP contribution >= 0.6 is 11.8 Å². The van der Waals surface area contributed by atoms with Gasteiger partial charge in [0.05, 0.1) is 12.9 Å². The summed E-state index contributed by atoms with van der Waals surface area (Å²) in [6.45, 7) is 0.976. The minimum atomic E-state index is -0.487. The molecule has 0 atom stereocenters. The molecule has 4 aromatic rings. The predicted molar refractivity (Wildman–Crippen MR) is 167 cm³/mol. The summed E-state index contributed by atoms with van der Waals surface area (Å²) in [6.07, 6.45) is 1.60. The second-order valence-electron chi connectivity index (χ2n) is 9.33. The Kier molecular flexibility index (Phi) is 9.60. The van der Waals surface area contributed by atoms with E-state index in [2.05, 4.69) is 16.0 Å². The minimum Gasteiger partial charge on any atom is -0.497 e. The van der Waals surface area contributed by atoms with Crippen molar-refractivity contribution in [1.82, 2.24) is 5.32 Å². The number of ether oxygens (including phenoxy) is 3. The van der Waals surface area contributed by atoms with Crippen LogP contribution < -0.4 is 30.2 Å². The fourth-order valence-electron chi connectivity index (χ4n) is 4.11. The van der Waals surface area contributed by atoms with Gasteiger partial charge in [0, 0.05) is 27.9 Å². The van der Waals surface area contributed by atoms with Crippen LogP contribution in [-0.2, 0) is 9.59 Å². The van der Waals surface area contributed by atoms with Crippen LogP contribution in [-0.4, -0.2) is 43.8 Å². The van der Waals surface area contributed by atoms with Crippen LogP contribution in [0.1, 0.15) is 15.9 Å². The summed E-state index contributed by atoms with van der Waals surface area (Å²) in [6, 6.07) is 28.2. The number of fused-ring (bicyclic) bond motifs is 1. The molecule has 3 amide bonds. The van der Waals surface area contributed by atoms with E-state index in [1.807, 2.05) is 18.2 Å². The van der Waals surface area contributed by atoms with Crippen molar-refractivity contribution >= 4 is 46.9 Å². The minimum absolute atomic E-state index is 0.0771. The summed E-state index contributed by atoms with van der Waals surface area (Å²) in [5.41, 5.74) is 2.37. The van der Waals surface area contributed by atoms with Gasteiger partial charge in [-0.1, -0.05) is 30.3 Å². The van der Waals surface area contributed by atoms with Gasteiger partial charge in [-0.05, 0) is 72.3 Å². The highest BCUT2D eigenvalue weighted by atomic mass is 32.2. The molecule has 1 aliphatic heterocycles. The molecule has 10 heteroatoms. The standard InChI is InChI=1S/C33H29N3O6S/c1-40-26-12-7-22(8-13-26)19-28(36-32(38)23-5-3-2-4-6-23)33(39)35-24-9-14-27(15-10-24)43-21-31(37)34-25-11-16-29-30(20-25)42-18-17-41-29/h2-16,19-20H,17-18,21H2,1H3,(H,34,37)(H,35,39)(H,36,38). The number of thioether (sulfide) groups is 1. The third-order valence-electron chi connectivity index (χ3n) is 6.26. The Bertz CT molecular complexity index is 1620. The zero-order chi connectivity index (χ0) is 30.0. The number of methoxy groups -OCH3 is 1. The number of carbonyl (C=O) groups is 3. The zero-order valence-corrected chi connectivity index (χ0v) is 24.1. The highest BCUT2D eigenvalue weighted by molar-refractivity contribution is 8.00. The molecule has 0 aromatic heterocycles. The largest absolute Gasteiger partial charge is 0.497 e. The SMILES string of the molecule is COc1ccc(C=C(NC(=O)c2ccccc2)C(=O)Nc2ccc(SCC(=O)Nc3ccc4c(c3)OCCO4)cc2)cc1. The van der Waals surface area contributed by atoms with Crippen molar-refractivity contribution in [2.45, 2.75) is 4.90 Å². The molecular weight excluding hydrogens is 566 g/mol. The lowest BCUT2D eigenvalue weighted by atomic mass is 10.1. The first-order valence-electron chi connectivity index (χ1n) is 13.4. The van der Waals surface area contributed by atoms with Gasteiger partial charge in [0.25, 0.3) is 11.8 Å². The fourth-order valence-corrected chi connectivity index (χ4v) is 4.81. The maximum atomic E-state index is 13.3. The number of rotatable bonds is 10. The molecule has 0 saturated heterocycles. The highest BCUT2D eigenvalue weighted by Gasteiger charge is 2.16. The molecule has 0 saturated carbocycles. The van der Waals surface area contributed by atoms with E-state index in [-0.39, 0.29) is 17.4 Å². The van der Waals surface area contributed by atoms with Gasteiger partial charge in [-0.25, -0.2) is 0 Å². The average molecular weight is 596 g/mol. The Hall–Kier alpha value is -5.22. The van der Waals surface area contributed by atoms with Gasteiger partial charge in [-0.3, -0.25) is 14.4 Å². The molecule has 3 N–H and O–H groups in total. The van der Waals surface area contributed by atoms with E-state index < -0.39 is 11.8 Å². The molecule has 5 rings (SSSR count). The molecule has 0 bridgehead atoms. The van der Waals surface area contributed by atoms with E-state index in [0.717, 1.165) is 4.90 Å². The monoisotopic (exact) mass is 595 g/mol. The van der Waals surface area contributed by atoms with Crippen molar-refractivity contribution < 1.29 is 28.6 Å². The lowest BCUT2D eigenvalue weighted by molar-refractivity contribution is -0.114. The van der Waals surface area contributed by atoms with Gasteiger partial charge in [0.15, 0.2) is 11.5 Å². The molecular formula is C33H29N3O6S. The first-order chi connectivity index (χ1) is 21.0. The number of nitrogens with one attached hydrogen (secondary N) is 3. The molecule has 0 radical (unpaired) electrons. The second kappa shape index (κ2) is 14.1. The lowest BCUT2D eigenvalue weighted by Gasteiger charge is -2.19. The number of hydrogen-bond donors (Lipinski definition) is 3. The van der Waals surface area contributed by atoms with Crippen molar-refractivity contribution in [2.75, 3.05) is 36.7 Å². The molecule has 1 heterocycles. The predicted octanol–water partition coefficient (Wildman–Crippen LogP) is 5.61. The molecule has 0 unspecified atom stereocenters. The van der Waals surface area contributed by atoms with Crippen LogP contribution in [0.15, 0.2) is 108 Å². The maximum absolute atomic E-state index is 13.3. The summed E-state index contributed by atoms with van der Waals surface area (Å²) >= 11 is 1.36. The average Bonchev–Trinajstić information content (AvgIpc) is 3.04. The molecule has 9 nitrogen and oxygen atoms in total. The quantitative estimate of drug-likeness (QED) is 0.161. The normalized spacial score (nSPS) is 12.2. The van der Waals surface area contributed by atoms with Gasteiger partial charge in [0.2, 0.25) is 5.91 Å². The molecule has 0 spiro atoms. The van der Waals surface area contributed by atoms with Crippen LogP contribution in [0.5, 0.6) is 17.2 Å². The Labute approximate surface area is 253 Å². The van der Waals surface area contributed by atoms with Crippen molar-refractivity contribution in [3.8, 4) is 17.2 Å². The van der Waals surface area contributed by atoms with Crippen LogP contribution in [0.25, 0.3) is 6.08 Å². The Morgan fingerprint density at radius 3 is 2.23 bits per heavy atom. The molecule has 43 heavy (non-hydrogen) atoms. The van der Waals surface area contributed by atoms with Gasteiger partial charge in [-0.15, -0.1) is 11.8 Å². The molecule has 0 fully saturated rings. The number of anilines is 2. The van der Waals surface area contributed by atoms with Crippen LogP contribution in [0, 0.1) is 0 Å². The summed E-state index contributed by atoms with van der Waals surface area (Å²) in [5.74, 6) is 1.08. The van der Waals surface area contributed by atoms with Crippen molar-refractivity contribution in [2.24, 2.45) is 0 Å². The zero-order valence-electron chi connectivity index (χ0n) is 23.3. The summed E-state index contributed by atoms with van der Waals surface area (Å²) in [5, 5.41) is 8.43.